The van der Waals surface area contributed by atoms with Gasteiger partial charge in [0.1, 0.15) is 17.9 Å². The van der Waals surface area contributed by atoms with Crippen LogP contribution in [-0.4, -0.2) is 28.9 Å². The summed E-state index contributed by atoms with van der Waals surface area (Å²) >= 11 is 0. The summed E-state index contributed by atoms with van der Waals surface area (Å²) in [6.07, 6.45) is -1.51. The van der Waals surface area contributed by atoms with E-state index in [1.54, 1.807) is 6.07 Å². The van der Waals surface area contributed by atoms with Gasteiger partial charge in [0.15, 0.2) is 0 Å². The molecule has 2 atom stereocenters. The molecule has 0 aromatic carbocycles. The predicted molar refractivity (Wildman–Crippen MR) is 69.5 cm³/mol. The highest BCUT2D eigenvalue weighted by atomic mass is 19.4. The summed E-state index contributed by atoms with van der Waals surface area (Å²) in [6, 6.07) is 4.39. The first-order valence-electron chi connectivity index (χ1n) is 6.37. The standard InChI is InChI=1S/C14H15F3N2O2/c15-14(16,17)13(8-10-3-5-18-6-4-10)19-9-11(20)12-2-1-7-21-12/h1-7,11,13,19-20H,8-9H2. The van der Waals surface area contributed by atoms with Gasteiger partial charge in [0.2, 0.25) is 0 Å². The smallest absolute Gasteiger partial charge is 0.404 e. The number of nitrogens with zero attached hydrogens (tertiary/aromatic N) is 1. The lowest BCUT2D eigenvalue weighted by molar-refractivity contribution is -0.156. The summed E-state index contributed by atoms with van der Waals surface area (Å²) in [5.74, 6) is 0.229. The third kappa shape index (κ3) is 4.57. The zero-order chi connectivity index (χ0) is 15.3. The van der Waals surface area contributed by atoms with Crippen LogP contribution in [0.5, 0.6) is 0 Å². The summed E-state index contributed by atoms with van der Waals surface area (Å²) in [6.45, 7) is -0.247. The lowest BCUT2D eigenvalue weighted by Crippen LogP contribution is -2.45. The Morgan fingerprint density at radius 1 is 1.24 bits per heavy atom. The molecule has 0 saturated carbocycles. The van der Waals surface area contributed by atoms with Crippen molar-refractivity contribution < 1.29 is 22.7 Å². The van der Waals surface area contributed by atoms with E-state index >= 15 is 0 Å². The molecular formula is C14H15F3N2O2. The molecule has 4 nitrogen and oxygen atoms in total. The topological polar surface area (TPSA) is 58.3 Å². The second-order valence-corrected chi connectivity index (χ2v) is 4.59. The summed E-state index contributed by atoms with van der Waals surface area (Å²) in [5, 5.41) is 12.1. The van der Waals surface area contributed by atoms with Gasteiger partial charge in [-0.1, -0.05) is 0 Å². The number of pyridine rings is 1. The molecule has 0 amide bonds. The van der Waals surface area contributed by atoms with E-state index in [9.17, 15) is 18.3 Å². The van der Waals surface area contributed by atoms with Gasteiger partial charge in [0.25, 0.3) is 0 Å². The van der Waals surface area contributed by atoms with E-state index < -0.39 is 18.3 Å². The number of aliphatic hydroxyl groups excluding tert-OH is 1. The Labute approximate surface area is 119 Å². The maximum absolute atomic E-state index is 13.0. The van der Waals surface area contributed by atoms with Gasteiger partial charge in [0.05, 0.1) is 6.26 Å². The van der Waals surface area contributed by atoms with Gasteiger partial charge in [-0.05, 0) is 36.2 Å². The lowest BCUT2D eigenvalue weighted by Gasteiger charge is -2.23. The highest BCUT2D eigenvalue weighted by Crippen LogP contribution is 2.24. The number of halogens is 3. The lowest BCUT2D eigenvalue weighted by atomic mass is 10.1. The van der Waals surface area contributed by atoms with E-state index in [1.165, 1.54) is 36.9 Å². The molecule has 0 aliphatic heterocycles. The monoisotopic (exact) mass is 300 g/mol. The maximum Gasteiger partial charge on any atom is 0.404 e. The van der Waals surface area contributed by atoms with Gasteiger partial charge in [-0.25, -0.2) is 0 Å². The largest absolute Gasteiger partial charge is 0.467 e. The number of rotatable bonds is 6. The average molecular weight is 300 g/mol. The number of aromatic nitrogens is 1. The van der Waals surface area contributed by atoms with E-state index in [1.807, 2.05) is 0 Å². The Hall–Kier alpha value is -1.86. The second-order valence-electron chi connectivity index (χ2n) is 4.59. The normalized spacial score (nSPS) is 14.9. The van der Waals surface area contributed by atoms with E-state index in [0.29, 0.717) is 5.56 Å². The summed E-state index contributed by atoms with van der Waals surface area (Å²) in [4.78, 5) is 3.77. The van der Waals surface area contributed by atoms with Crippen molar-refractivity contribution in [1.82, 2.24) is 10.3 Å². The van der Waals surface area contributed by atoms with Crippen molar-refractivity contribution in [3.63, 3.8) is 0 Å². The van der Waals surface area contributed by atoms with Crippen molar-refractivity contribution >= 4 is 0 Å². The molecule has 114 valence electrons. The Kier molecular flexibility index (Phi) is 4.98. The zero-order valence-electron chi connectivity index (χ0n) is 11.0. The van der Waals surface area contributed by atoms with Crippen molar-refractivity contribution in [1.29, 1.82) is 0 Å². The number of hydrogen-bond acceptors (Lipinski definition) is 4. The third-order valence-electron chi connectivity index (χ3n) is 3.01. The summed E-state index contributed by atoms with van der Waals surface area (Å²) < 4.78 is 44.0. The van der Waals surface area contributed by atoms with Crippen LogP contribution in [-0.2, 0) is 6.42 Å². The number of hydrogen-bond donors (Lipinski definition) is 2. The Bertz CT molecular complexity index is 529. The average Bonchev–Trinajstić information content (AvgIpc) is 2.97. The second kappa shape index (κ2) is 6.73. The molecule has 0 saturated heterocycles. The first-order valence-corrected chi connectivity index (χ1v) is 6.37. The molecule has 0 bridgehead atoms. The van der Waals surface area contributed by atoms with Crippen molar-refractivity contribution in [2.75, 3.05) is 6.54 Å². The van der Waals surface area contributed by atoms with Crippen LogP contribution in [0.4, 0.5) is 13.2 Å². The first kappa shape index (κ1) is 15.5. The predicted octanol–water partition coefficient (Wildman–Crippen LogP) is 2.47. The van der Waals surface area contributed by atoms with Crippen LogP contribution in [0.3, 0.4) is 0 Å². The SMILES string of the molecule is OC(CNC(Cc1ccncc1)C(F)(F)F)c1ccco1. The van der Waals surface area contributed by atoms with Crippen LogP contribution in [0.25, 0.3) is 0 Å². The molecule has 2 unspecified atom stereocenters. The van der Waals surface area contributed by atoms with Gasteiger partial charge >= 0.3 is 6.18 Å². The van der Waals surface area contributed by atoms with Crippen LogP contribution >= 0.6 is 0 Å². The first-order chi connectivity index (χ1) is 9.97. The minimum Gasteiger partial charge on any atom is -0.467 e. The quantitative estimate of drug-likeness (QED) is 0.860. The van der Waals surface area contributed by atoms with E-state index in [4.69, 9.17) is 4.42 Å². The van der Waals surface area contributed by atoms with E-state index in [2.05, 4.69) is 10.3 Å². The van der Waals surface area contributed by atoms with Crippen LogP contribution < -0.4 is 5.32 Å². The van der Waals surface area contributed by atoms with Crippen molar-refractivity contribution in [2.24, 2.45) is 0 Å². The molecule has 2 aromatic rings. The molecule has 21 heavy (non-hydrogen) atoms. The summed E-state index contributed by atoms with van der Waals surface area (Å²) in [7, 11) is 0. The Morgan fingerprint density at radius 3 is 2.52 bits per heavy atom. The number of nitrogens with one attached hydrogen (secondary N) is 1. The van der Waals surface area contributed by atoms with Crippen LogP contribution in [0.15, 0.2) is 47.3 Å². The minimum absolute atomic E-state index is 0.225. The van der Waals surface area contributed by atoms with Crippen LogP contribution in [0, 0.1) is 0 Å². The molecule has 2 rings (SSSR count). The van der Waals surface area contributed by atoms with Crippen molar-refractivity contribution in [3.8, 4) is 0 Å². The molecular weight excluding hydrogens is 285 g/mol. The number of furan rings is 1. The molecule has 2 N–H and O–H groups in total. The van der Waals surface area contributed by atoms with Gasteiger partial charge in [0, 0.05) is 18.9 Å². The van der Waals surface area contributed by atoms with Gasteiger partial charge < -0.3 is 14.8 Å². The highest BCUT2D eigenvalue weighted by Gasteiger charge is 2.39. The third-order valence-corrected chi connectivity index (χ3v) is 3.01. The fourth-order valence-corrected chi connectivity index (χ4v) is 1.89. The Morgan fingerprint density at radius 2 is 1.95 bits per heavy atom. The van der Waals surface area contributed by atoms with Gasteiger partial charge in [-0.2, -0.15) is 13.2 Å². The van der Waals surface area contributed by atoms with Crippen LogP contribution in [0.1, 0.15) is 17.4 Å². The number of aliphatic hydroxyl groups is 1. The van der Waals surface area contributed by atoms with Crippen molar-refractivity contribution in [3.05, 3.63) is 54.2 Å². The highest BCUT2D eigenvalue weighted by molar-refractivity contribution is 5.12. The van der Waals surface area contributed by atoms with Gasteiger partial charge in [-0.3, -0.25) is 4.98 Å². The van der Waals surface area contributed by atoms with E-state index in [0.717, 1.165) is 0 Å². The zero-order valence-corrected chi connectivity index (χ0v) is 11.0. The fourth-order valence-electron chi connectivity index (χ4n) is 1.89. The molecule has 0 spiro atoms. The molecule has 2 heterocycles. The molecule has 0 aliphatic rings. The fraction of sp³-hybridized carbons (Fsp3) is 0.357. The number of alkyl halides is 3. The molecule has 7 heteroatoms. The molecule has 2 aromatic heterocycles. The van der Waals surface area contributed by atoms with E-state index in [-0.39, 0.29) is 18.7 Å². The van der Waals surface area contributed by atoms with Crippen molar-refractivity contribution in [2.45, 2.75) is 24.7 Å². The minimum atomic E-state index is -4.41. The molecule has 0 fully saturated rings. The molecule has 0 radical (unpaired) electrons. The maximum atomic E-state index is 13.0. The summed E-state index contributed by atoms with van der Waals surface area (Å²) in [5.41, 5.74) is 0.521. The van der Waals surface area contributed by atoms with Gasteiger partial charge in [-0.15, -0.1) is 0 Å². The Balaban J connectivity index is 1.97. The molecule has 0 aliphatic carbocycles. The van der Waals surface area contributed by atoms with Crippen LogP contribution in [0.2, 0.25) is 0 Å².